The number of carbonyl (C=O) groups excluding carboxylic acids is 3. The molecule has 2 saturated carbocycles. The van der Waals surface area contributed by atoms with Crippen LogP contribution in [0.1, 0.15) is 108 Å². The first-order valence-electron chi connectivity index (χ1n) is 20.7. The monoisotopic (exact) mass is 747 g/mol. The summed E-state index contributed by atoms with van der Waals surface area (Å²) in [4.78, 5) is 59.4. The maximum Gasteiger partial charge on any atom is 0.407 e. The van der Waals surface area contributed by atoms with Crippen molar-refractivity contribution >= 4 is 29.1 Å². The summed E-state index contributed by atoms with van der Waals surface area (Å²) in [5.41, 5.74) is 7.25. The lowest BCUT2D eigenvalue weighted by Crippen LogP contribution is -2.52. The largest absolute Gasteiger partial charge is 0.453 e. The van der Waals surface area contributed by atoms with Gasteiger partial charge in [0.05, 0.1) is 36.9 Å². The molecular formula is C44H57N7O4. The molecule has 11 heteroatoms. The molecule has 11 nitrogen and oxygen atoms in total. The van der Waals surface area contributed by atoms with Crippen LogP contribution in [0.15, 0.2) is 48.8 Å². The third-order valence-corrected chi connectivity index (χ3v) is 13.1. The molecule has 7 atom stereocenters. The SMILES string of the molecule is COC(=O)NC(C(=O)N1CCCC1Cc1ncc(-c2ccc(C3=CC=C(c4cnc(C5CCCN5C(=O)CC(C)C)[nH]4)C4C5CCC(C5)C34)cc2)[nH]1)C(C)C. The smallest absolute Gasteiger partial charge is 0.407 e. The molecule has 5 aliphatic rings. The predicted octanol–water partition coefficient (Wildman–Crippen LogP) is 7.57. The molecule has 3 aromatic rings. The van der Waals surface area contributed by atoms with E-state index in [-0.39, 0.29) is 29.8 Å². The number of allylic oxidation sites excluding steroid dienone is 4. The summed E-state index contributed by atoms with van der Waals surface area (Å²) < 4.78 is 4.78. The van der Waals surface area contributed by atoms with Gasteiger partial charge >= 0.3 is 6.09 Å². The van der Waals surface area contributed by atoms with Crippen LogP contribution in [0.4, 0.5) is 4.79 Å². The van der Waals surface area contributed by atoms with Crippen molar-refractivity contribution in [2.45, 2.75) is 104 Å². The first-order valence-corrected chi connectivity index (χ1v) is 20.7. The van der Waals surface area contributed by atoms with Crippen LogP contribution < -0.4 is 5.32 Å². The van der Waals surface area contributed by atoms with Gasteiger partial charge in [0.1, 0.15) is 17.7 Å². The third-order valence-electron chi connectivity index (χ3n) is 13.1. The van der Waals surface area contributed by atoms with Crippen molar-refractivity contribution in [2.75, 3.05) is 20.2 Å². The van der Waals surface area contributed by atoms with Crippen LogP contribution in [0.5, 0.6) is 0 Å². The fourth-order valence-electron chi connectivity index (χ4n) is 10.5. The summed E-state index contributed by atoms with van der Waals surface area (Å²) in [5.74, 6) is 4.57. The molecule has 55 heavy (non-hydrogen) atoms. The zero-order valence-electron chi connectivity index (χ0n) is 33.0. The molecule has 3 aliphatic carbocycles. The number of H-pyrrole nitrogens is 2. The maximum atomic E-state index is 13.5. The number of rotatable bonds is 11. The lowest BCUT2D eigenvalue weighted by molar-refractivity contribution is -0.135. The highest BCUT2D eigenvalue weighted by atomic mass is 16.5. The van der Waals surface area contributed by atoms with Crippen LogP contribution in [0, 0.1) is 35.5 Å². The van der Waals surface area contributed by atoms with Crippen LogP contribution in [0.3, 0.4) is 0 Å². The highest BCUT2D eigenvalue weighted by Crippen LogP contribution is 2.61. The zero-order chi connectivity index (χ0) is 38.4. The number of nitrogens with one attached hydrogen (secondary N) is 3. The lowest BCUT2D eigenvalue weighted by Gasteiger charge is -2.37. The van der Waals surface area contributed by atoms with E-state index < -0.39 is 12.1 Å². The predicted molar refractivity (Wildman–Crippen MR) is 212 cm³/mol. The van der Waals surface area contributed by atoms with E-state index in [1.165, 1.54) is 43.1 Å². The number of benzene rings is 1. The molecule has 3 amide bonds. The maximum absolute atomic E-state index is 13.5. The Morgan fingerprint density at radius 3 is 2.24 bits per heavy atom. The van der Waals surface area contributed by atoms with Gasteiger partial charge in [-0.15, -0.1) is 0 Å². The number of nitrogens with zero attached hydrogens (tertiary/aromatic N) is 4. The molecule has 2 aliphatic heterocycles. The van der Waals surface area contributed by atoms with Gasteiger partial charge in [-0.2, -0.15) is 0 Å². The summed E-state index contributed by atoms with van der Waals surface area (Å²) in [6, 6.07) is 8.34. The number of hydrogen-bond donors (Lipinski definition) is 3. The van der Waals surface area contributed by atoms with E-state index in [4.69, 9.17) is 14.7 Å². The van der Waals surface area contributed by atoms with E-state index in [0.29, 0.717) is 49.0 Å². The molecule has 1 aromatic carbocycles. The normalized spacial score (nSPS) is 26.4. The first-order chi connectivity index (χ1) is 26.6. The van der Waals surface area contributed by atoms with Crippen molar-refractivity contribution < 1.29 is 19.1 Å². The molecule has 0 radical (unpaired) electrons. The highest BCUT2D eigenvalue weighted by Gasteiger charge is 2.51. The Balaban J connectivity index is 0.972. The molecule has 2 saturated heterocycles. The Bertz CT molecular complexity index is 1960. The molecule has 7 unspecified atom stereocenters. The molecule has 2 bridgehead atoms. The number of alkyl carbamates (subject to hydrolysis) is 1. The average molecular weight is 748 g/mol. The van der Waals surface area contributed by atoms with Gasteiger partial charge < -0.3 is 29.8 Å². The minimum atomic E-state index is -0.631. The van der Waals surface area contributed by atoms with Gasteiger partial charge in [-0.1, -0.05) is 64.1 Å². The van der Waals surface area contributed by atoms with Gasteiger partial charge in [0, 0.05) is 32.0 Å². The summed E-state index contributed by atoms with van der Waals surface area (Å²) in [5, 5.41) is 2.73. The van der Waals surface area contributed by atoms with E-state index in [9.17, 15) is 14.4 Å². The van der Waals surface area contributed by atoms with Gasteiger partial charge in [0.25, 0.3) is 0 Å². The van der Waals surface area contributed by atoms with E-state index in [1.807, 2.05) is 36.0 Å². The Labute approximate surface area is 324 Å². The number of aromatic amines is 2. The molecule has 0 spiro atoms. The fourth-order valence-corrected chi connectivity index (χ4v) is 10.5. The quantitative estimate of drug-likeness (QED) is 0.185. The lowest BCUT2D eigenvalue weighted by atomic mass is 9.67. The first kappa shape index (κ1) is 37.3. The molecule has 4 fully saturated rings. The Morgan fingerprint density at radius 2 is 1.51 bits per heavy atom. The van der Waals surface area contributed by atoms with E-state index in [1.54, 1.807) is 0 Å². The van der Waals surface area contributed by atoms with Crippen LogP contribution in [-0.4, -0.2) is 79.9 Å². The average Bonchev–Trinajstić information content (AvgIpc) is 4.04. The Hall–Kier alpha value is -4.67. The second kappa shape index (κ2) is 15.5. The van der Waals surface area contributed by atoms with Crippen LogP contribution in [0.2, 0.25) is 0 Å². The van der Waals surface area contributed by atoms with Gasteiger partial charge in [0.15, 0.2) is 0 Å². The van der Waals surface area contributed by atoms with Crippen molar-refractivity contribution in [2.24, 2.45) is 35.5 Å². The molecule has 3 N–H and O–H groups in total. The number of ether oxygens (including phenoxy) is 1. The minimum absolute atomic E-state index is 0.0186. The number of aromatic nitrogens is 4. The summed E-state index contributed by atoms with van der Waals surface area (Å²) >= 11 is 0. The van der Waals surface area contributed by atoms with Crippen molar-refractivity contribution in [3.63, 3.8) is 0 Å². The van der Waals surface area contributed by atoms with Crippen molar-refractivity contribution in [3.05, 3.63) is 71.7 Å². The van der Waals surface area contributed by atoms with Gasteiger partial charge in [0.2, 0.25) is 11.8 Å². The fraction of sp³-hybridized carbons (Fsp3) is 0.568. The van der Waals surface area contributed by atoms with Gasteiger partial charge in [-0.3, -0.25) is 9.59 Å². The second-order valence-electron chi connectivity index (χ2n) is 17.4. The standard InChI is InChI=1S/C44H57N7O4/c1-25(2)20-38(52)51-19-7-9-36(51)42-46-24-35(48-42)33-17-16-32(39-29-14-15-30(21-29)40(33)39)27-10-12-28(13-11-27)34-23-45-37(47-34)22-31-8-6-18-50(31)43(53)41(26(3)4)49-44(54)55-5/h10-13,16-17,23-26,29-31,36,39-41H,6-9,14-15,18-22H2,1-5H3,(H,45,47)(H,46,48)(H,49,54). The third kappa shape index (κ3) is 7.27. The molecule has 8 rings (SSSR count). The van der Waals surface area contributed by atoms with Crippen LogP contribution >= 0.6 is 0 Å². The summed E-state index contributed by atoms with van der Waals surface area (Å²) in [6.45, 7) is 9.57. The van der Waals surface area contributed by atoms with Gasteiger partial charge in [-0.25, -0.2) is 14.8 Å². The van der Waals surface area contributed by atoms with Crippen LogP contribution in [0.25, 0.3) is 22.4 Å². The number of hydrogen-bond acceptors (Lipinski definition) is 6. The van der Waals surface area contributed by atoms with E-state index >= 15 is 0 Å². The van der Waals surface area contributed by atoms with E-state index in [0.717, 1.165) is 60.8 Å². The van der Waals surface area contributed by atoms with Crippen molar-refractivity contribution in [3.8, 4) is 11.3 Å². The molecule has 292 valence electrons. The Morgan fingerprint density at radius 1 is 0.836 bits per heavy atom. The second-order valence-corrected chi connectivity index (χ2v) is 17.4. The van der Waals surface area contributed by atoms with Crippen molar-refractivity contribution in [1.29, 1.82) is 0 Å². The number of likely N-dealkylation sites (tertiary alicyclic amines) is 2. The number of amides is 3. The minimum Gasteiger partial charge on any atom is -0.453 e. The summed E-state index contributed by atoms with van der Waals surface area (Å²) in [6.07, 6.45) is 16.9. The Kier molecular flexibility index (Phi) is 10.5. The molecule has 2 aromatic heterocycles. The van der Waals surface area contributed by atoms with Crippen molar-refractivity contribution in [1.82, 2.24) is 35.1 Å². The molecular weight excluding hydrogens is 691 g/mol. The zero-order valence-corrected chi connectivity index (χ0v) is 33.0. The number of fused-ring (bicyclic) bond motifs is 5. The van der Waals surface area contributed by atoms with Gasteiger partial charge in [-0.05, 0) is 103 Å². The van der Waals surface area contributed by atoms with Crippen LogP contribution in [-0.2, 0) is 20.7 Å². The number of imidazole rings is 2. The van der Waals surface area contributed by atoms with E-state index in [2.05, 4.69) is 65.5 Å². The number of carbonyl (C=O) groups is 3. The topological polar surface area (TPSA) is 136 Å². The number of methoxy groups -OCH3 is 1. The molecule has 4 heterocycles. The highest BCUT2D eigenvalue weighted by molar-refractivity contribution is 5.86. The summed E-state index contributed by atoms with van der Waals surface area (Å²) in [7, 11) is 1.31.